The maximum absolute atomic E-state index is 14.8. The molecule has 8 atom stereocenters. The second kappa shape index (κ2) is 5.67. The number of carbonyl (C=O) groups is 1. The van der Waals surface area contributed by atoms with Crippen LogP contribution in [0, 0.1) is 28.6 Å². The molecular weight excluding hydrogens is 319 g/mol. The van der Waals surface area contributed by atoms with E-state index in [9.17, 15) is 14.3 Å². The van der Waals surface area contributed by atoms with Crippen molar-refractivity contribution in [1.29, 1.82) is 0 Å². The maximum Gasteiger partial charge on any atom is 0.303 e. The van der Waals surface area contributed by atoms with Gasteiger partial charge in [0.25, 0.3) is 0 Å². The van der Waals surface area contributed by atoms with Gasteiger partial charge < -0.3 is 9.84 Å². The molecule has 0 bridgehead atoms. The number of allylic oxidation sites excluding steroid dienone is 2. The minimum atomic E-state index is -1.06. The Morgan fingerprint density at radius 1 is 1.36 bits per heavy atom. The van der Waals surface area contributed by atoms with Crippen molar-refractivity contribution in [2.24, 2.45) is 28.6 Å². The number of hydrogen-bond acceptors (Lipinski definition) is 3. The Morgan fingerprint density at radius 3 is 2.84 bits per heavy atom. The van der Waals surface area contributed by atoms with Gasteiger partial charge in [-0.2, -0.15) is 0 Å². The smallest absolute Gasteiger partial charge is 0.303 e. The van der Waals surface area contributed by atoms with Crippen LogP contribution in [-0.4, -0.2) is 29.5 Å². The highest BCUT2D eigenvalue weighted by Crippen LogP contribution is 2.64. The fourth-order valence-electron chi connectivity index (χ4n) is 6.55. The molecule has 3 unspecified atom stereocenters. The molecule has 0 heterocycles. The van der Waals surface area contributed by atoms with Crippen LogP contribution < -0.4 is 0 Å². The van der Waals surface area contributed by atoms with E-state index in [1.807, 2.05) is 6.08 Å². The second-order valence-electron chi connectivity index (χ2n) is 9.08. The van der Waals surface area contributed by atoms with Gasteiger partial charge in [0.05, 0.1) is 6.10 Å². The molecule has 0 radical (unpaired) electrons. The standard InChI is InChI=1S/C21H29FO3/c1-12(23)25-19-18(22)11-17-15-5-4-13-10-14(24)6-8-20(13,2)16(15)7-9-21(17,19)3/h4,6,8,14-19,24H,5,7,9-11H2,1-3H3/t14?,15-,16-,17+,18?,19?,20+,21+/m1/s1. The van der Waals surface area contributed by atoms with Gasteiger partial charge >= 0.3 is 5.97 Å². The van der Waals surface area contributed by atoms with E-state index in [1.54, 1.807) is 0 Å². The van der Waals surface area contributed by atoms with Crippen molar-refractivity contribution in [3.63, 3.8) is 0 Å². The zero-order valence-corrected chi connectivity index (χ0v) is 15.4. The lowest BCUT2D eigenvalue weighted by atomic mass is 9.49. The van der Waals surface area contributed by atoms with Crippen LogP contribution in [0.15, 0.2) is 23.8 Å². The van der Waals surface area contributed by atoms with Crippen molar-refractivity contribution in [3.8, 4) is 0 Å². The van der Waals surface area contributed by atoms with E-state index in [2.05, 4.69) is 26.0 Å². The van der Waals surface area contributed by atoms with Gasteiger partial charge in [0.2, 0.25) is 0 Å². The van der Waals surface area contributed by atoms with Crippen LogP contribution >= 0.6 is 0 Å². The van der Waals surface area contributed by atoms with Gasteiger partial charge in [-0.05, 0) is 49.9 Å². The average molecular weight is 348 g/mol. The molecule has 25 heavy (non-hydrogen) atoms. The molecule has 4 aliphatic carbocycles. The van der Waals surface area contributed by atoms with Crippen molar-refractivity contribution in [1.82, 2.24) is 0 Å². The number of esters is 1. The lowest BCUT2D eigenvalue weighted by Crippen LogP contribution is -2.51. The molecule has 0 aromatic heterocycles. The lowest BCUT2D eigenvalue weighted by Gasteiger charge is -2.56. The molecule has 0 aromatic rings. The molecular formula is C21H29FO3. The van der Waals surface area contributed by atoms with Crippen molar-refractivity contribution in [2.75, 3.05) is 0 Å². The monoisotopic (exact) mass is 348 g/mol. The van der Waals surface area contributed by atoms with E-state index < -0.39 is 12.3 Å². The summed E-state index contributed by atoms with van der Waals surface area (Å²) >= 11 is 0. The molecule has 2 fully saturated rings. The highest BCUT2D eigenvalue weighted by molar-refractivity contribution is 5.66. The molecule has 0 amide bonds. The predicted octanol–water partition coefficient (Wildman–Crippen LogP) is 3.97. The Balaban J connectivity index is 1.66. The third kappa shape index (κ3) is 2.43. The second-order valence-corrected chi connectivity index (χ2v) is 9.08. The third-order valence-electron chi connectivity index (χ3n) is 7.82. The molecule has 2 saturated carbocycles. The molecule has 3 nitrogen and oxygen atoms in total. The Bertz CT molecular complexity index is 641. The first kappa shape index (κ1) is 17.3. The Morgan fingerprint density at radius 2 is 2.12 bits per heavy atom. The van der Waals surface area contributed by atoms with E-state index in [0.29, 0.717) is 18.3 Å². The highest BCUT2D eigenvalue weighted by atomic mass is 19.1. The quantitative estimate of drug-likeness (QED) is 0.576. The molecule has 4 aliphatic rings. The number of halogens is 1. The molecule has 0 aliphatic heterocycles. The number of carbonyl (C=O) groups excluding carboxylic acids is 1. The van der Waals surface area contributed by atoms with E-state index in [4.69, 9.17) is 4.74 Å². The van der Waals surface area contributed by atoms with Gasteiger partial charge in [0.1, 0.15) is 12.3 Å². The third-order valence-corrected chi connectivity index (χ3v) is 7.82. The Hall–Kier alpha value is -1.16. The van der Waals surface area contributed by atoms with Gasteiger partial charge in [-0.3, -0.25) is 4.79 Å². The number of aliphatic hydroxyl groups is 1. The maximum atomic E-state index is 14.8. The van der Waals surface area contributed by atoms with Gasteiger partial charge in [-0.15, -0.1) is 0 Å². The molecule has 0 spiro atoms. The normalized spacial score (nSPS) is 51.2. The summed E-state index contributed by atoms with van der Waals surface area (Å²) in [5, 5.41) is 9.98. The van der Waals surface area contributed by atoms with E-state index in [0.717, 1.165) is 25.7 Å². The van der Waals surface area contributed by atoms with Gasteiger partial charge in [0.15, 0.2) is 0 Å². The zero-order chi connectivity index (χ0) is 18.0. The number of fused-ring (bicyclic) bond motifs is 5. The summed E-state index contributed by atoms with van der Waals surface area (Å²) in [6, 6.07) is 0. The minimum Gasteiger partial charge on any atom is -0.459 e. The largest absolute Gasteiger partial charge is 0.459 e. The van der Waals surface area contributed by atoms with Crippen LogP contribution in [-0.2, 0) is 9.53 Å². The van der Waals surface area contributed by atoms with Gasteiger partial charge in [0, 0.05) is 17.8 Å². The lowest BCUT2D eigenvalue weighted by molar-refractivity contribution is -0.159. The minimum absolute atomic E-state index is 0.0190. The number of rotatable bonds is 1. The predicted molar refractivity (Wildman–Crippen MR) is 93.4 cm³/mol. The van der Waals surface area contributed by atoms with Crippen molar-refractivity contribution in [2.45, 2.75) is 71.3 Å². The van der Waals surface area contributed by atoms with Crippen LogP contribution in [0.2, 0.25) is 0 Å². The van der Waals surface area contributed by atoms with E-state index in [-0.39, 0.29) is 28.8 Å². The van der Waals surface area contributed by atoms with Crippen LogP contribution in [0.1, 0.15) is 52.9 Å². The fourth-order valence-corrected chi connectivity index (χ4v) is 6.55. The molecule has 0 aromatic carbocycles. The van der Waals surface area contributed by atoms with Crippen LogP contribution in [0.4, 0.5) is 4.39 Å². The highest BCUT2D eigenvalue weighted by Gasteiger charge is 2.62. The summed E-state index contributed by atoms with van der Waals surface area (Å²) in [7, 11) is 0. The van der Waals surface area contributed by atoms with Crippen LogP contribution in [0.25, 0.3) is 0 Å². The van der Waals surface area contributed by atoms with E-state index in [1.165, 1.54) is 12.5 Å². The summed E-state index contributed by atoms with van der Waals surface area (Å²) in [5.74, 6) is 0.780. The first-order valence-electron chi connectivity index (χ1n) is 9.64. The molecule has 1 N–H and O–H groups in total. The van der Waals surface area contributed by atoms with E-state index >= 15 is 0 Å². The first-order valence-corrected chi connectivity index (χ1v) is 9.64. The van der Waals surface area contributed by atoms with Gasteiger partial charge in [-0.1, -0.05) is 37.6 Å². The summed E-state index contributed by atoms with van der Waals surface area (Å²) in [5.41, 5.74) is 1.07. The number of aliphatic hydroxyl groups excluding tert-OH is 1. The summed E-state index contributed by atoms with van der Waals surface area (Å²) in [4.78, 5) is 11.5. The van der Waals surface area contributed by atoms with Crippen molar-refractivity contribution < 1.29 is 19.0 Å². The van der Waals surface area contributed by atoms with Gasteiger partial charge in [-0.25, -0.2) is 4.39 Å². The SMILES string of the molecule is CC(=O)OC1C(F)C[C@H]2[C@@H]3CC=C4CC(O)C=C[C@]4(C)[C@@H]3CC[C@]12C. The molecule has 0 saturated heterocycles. The first-order chi connectivity index (χ1) is 11.8. The molecule has 4 heteroatoms. The van der Waals surface area contributed by atoms with Crippen molar-refractivity contribution in [3.05, 3.63) is 23.8 Å². The Labute approximate surface area is 149 Å². The van der Waals surface area contributed by atoms with Crippen LogP contribution in [0.3, 0.4) is 0 Å². The number of ether oxygens (including phenoxy) is 1. The number of hydrogen-bond donors (Lipinski definition) is 1. The van der Waals surface area contributed by atoms with Crippen molar-refractivity contribution >= 4 is 5.97 Å². The summed E-state index contributed by atoms with van der Waals surface area (Å²) in [6.07, 6.45) is 8.49. The molecule has 138 valence electrons. The van der Waals surface area contributed by atoms with Crippen LogP contribution in [0.5, 0.6) is 0 Å². The fraction of sp³-hybridized carbons (Fsp3) is 0.762. The summed E-state index contributed by atoms with van der Waals surface area (Å²) in [6.45, 7) is 5.79. The Kier molecular flexibility index (Phi) is 3.91. The summed E-state index contributed by atoms with van der Waals surface area (Å²) < 4.78 is 20.2. The average Bonchev–Trinajstić information content (AvgIpc) is 2.79. The molecule has 4 rings (SSSR count). The topological polar surface area (TPSA) is 46.5 Å². The number of alkyl halides is 1. The zero-order valence-electron chi connectivity index (χ0n) is 15.4.